The Morgan fingerprint density at radius 3 is 2.43 bits per heavy atom. The van der Waals surface area contributed by atoms with E-state index in [4.69, 9.17) is 5.73 Å². The molecule has 21 heavy (non-hydrogen) atoms. The van der Waals surface area contributed by atoms with E-state index in [9.17, 15) is 13.2 Å². The van der Waals surface area contributed by atoms with Gasteiger partial charge in [-0.15, -0.1) is 0 Å². The summed E-state index contributed by atoms with van der Waals surface area (Å²) in [7, 11) is 0. The number of benzene rings is 2. The lowest BCUT2D eigenvalue weighted by Crippen LogP contribution is -2.04. The lowest BCUT2D eigenvalue weighted by atomic mass is 10.2. The number of nitrogen functional groups attached to an aromatic ring is 1. The zero-order chi connectivity index (χ0) is 15.6. The van der Waals surface area contributed by atoms with Gasteiger partial charge in [0.15, 0.2) is 11.6 Å². The summed E-state index contributed by atoms with van der Waals surface area (Å²) in [4.78, 5) is 1.39. The van der Waals surface area contributed by atoms with Crippen LogP contribution < -0.4 is 10.5 Å². The predicted molar refractivity (Wildman–Crippen MR) is 77.5 cm³/mol. The number of anilines is 1. The van der Waals surface area contributed by atoms with Gasteiger partial charge in [0.25, 0.3) is 0 Å². The first-order valence-electron chi connectivity index (χ1n) is 6.15. The summed E-state index contributed by atoms with van der Waals surface area (Å²) in [5.74, 6) is -1.41. The zero-order valence-corrected chi connectivity index (χ0v) is 12.3. The molecule has 0 radical (unpaired) electrons. The van der Waals surface area contributed by atoms with Crippen LogP contribution in [0, 0.1) is 19.7 Å². The summed E-state index contributed by atoms with van der Waals surface area (Å²) in [5.41, 5.74) is 8.07. The number of halogens is 3. The Kier molecular flexibility index (Phi) is 4.67. The third-order valence-electron chi connectivity index (χ3n) is 2.83. The van der Waals surface area contributed by atoms with Crippen LogP contribution in [0.2, 0.25) is 0 Å². The molecule has 0 unspecified atom stereocenters. The van der Waals surface area contributed by atoms with Crippen LogP contribution in [-0.2, 0) is 0 Å². The highest BCUT2D eigenvalue weighted by atomic mass is 32.2. The van der Waals surface area contributed by atoms with Gasteiger partial charge < -0.3 is 10.5 Å². The van der Waals surface area contributed by atoms with Gasteiger partial charge in [-0.1, -0.05) is 29.5 Å². The van der Waals surface area contributed by atoms with Crippen molar-refractivity contribution >= 4 is 17.4 Å². The molecule has 0 spiro atoms. The van der Waals surface area contributed by atoms with Crippen molar-refractivity contribution in [3.05, 3.63) is 47.3 Å². The third-order valence-corrected chi connectivity index (χ3v) is 4.08. The van der Waals surface area contributed by atoms with Gasteiger partial charge in [-0.2, -0.15) is 8.78 Å². The molecule has 0 saturated carbocycles. The van der Waals surface area contributed by atoms with E-state index in [2.05, 4.69) is 4.74 Å². The summed E-state index contributed by atoms with van der Waals surface area (Å²) in [6.07, 6.45) is 0. The molecule has 0 heterocycles. The molecule has 0 bridgehead atoms. The number of rotatable bonds is 4. The molecule has 0 aliphatic carbocycles. The van der Waals surface area contributed by atoms with Crippen molar-refractivity contribution in [1.29, 1.82) is 0 Å². The van der Waals surface area contributed by atoms with Crippen LogP contribution in [-0.4, -0.2) is 6.61 Å². The van der Waals surface area contributed by atoms with E-state index in [0.29, 0.717) is 4.90 Å². The van der Waals surface area contributed by atoms with Gasteiger partial charge in [0, 0.05) is 21.5 Å². The SMILES string of the molecule is Cc1ccc(Sc2cc(OC(F)F)c(F)cc2N)c(C)c1. The van der Waals surface area contributed by atoms with Crippen molar-refractivity contribution in [3.63, 3.8) is 0 Å². The summed E-state index contributed by atoms with van der Waals surface area (Å²) in [6.45, 7) is 0.829. The summed E-state index contributed by atoms with van der Waals surface area (Å²) in [5, 5.41) is 0. The molecule has 2 rings (SSSR count). The van der Waals surface area contributed by atoms with Crippen molar-refractivity contribution in [2.45, 2.75) is 30.2 Å². The summed E-state index contributed by atoms with van der Waals surface area (Å²) < 4.78 is 42.1. The molecule has 6 heteroatoms. The highest BCUT2D eigenvalue weighted by Gasteiger charge is 2.14. The molecular formula is C15H14F3NOS. The molecule has 0 aromatic heterocycles. The van der Waals surface area contributed by atoms with Crippen molar-refractivity contribution in [3.8, 4) is 5.75 Å². The highest BCUT2D eigenvalue weighted by Crippen LogP contribution is 2.38. The van der Waals surface area contributed by atoms with E-state index in [1.54, 1.807) is 0 Å². The molecule has 0 amide bonds. The molecular weight excluding hydrogens is 299 g/mol. The van der Waals surface area contributed by atoms with Crippen LogP contribution in [0.25, 0.3) is 0 Å². The second kappa shape index (κ2) is 6.30. The van der Waals surface area contributed by atoms with Crippen molar-refractivity contribution in [2.75, 3.05) is 5.73 Å². The molecule has 0 saturated heterocycles. The Morgan fingerprint density at radius 1 is 1.10 bits per heavy atom. The van der Waals surface area contributed by atoms with E-state index in [1.165, 1.54) is 17.8 Å². The van der Waals surface area contributed by atoms with Crippen LogP contribution in [0.3, 0.4) is 0 Å². The van der Waals surface area contributed by atoms with Gasteiger partial charge in [-0.25, -0.2) is 4.39 Å². The van der Waals surface area contributed by atoms with E-state index >= 15 is 0 Å². The van der Waals surface area contributed by atoms with Crippen LogP contribution in [0.5, 0.6) is 5.75 Å². The van der Waals surface area contributed by atoms with Gasteiger partial charge >= 0.3 is 6.61 Å². The molecule has 2 N–H and O–H groups in total. The average molecular weight is 313 g/mol. The first-order valence-corrected chi connectivity index (χ1v) is 6.97. The first-order chi connectivity index (χ1) is 9.86. The minimum atomic E-state index is -3.08. The van der Waals surface area contributed by atoms with Gasteiger partial charge in [0.2, 0.25) is 0 Å². The highest BCUT2D eigenvalue weighted by molar-refractivity contribution is 7.99. The number of ether oxygens (including phenoxy) is 1. The maximum absolute atomic E-state index is 13.5. The molecule has 0 aliphatic rings. The van der Waals surface area contributed by atoms with E-state index in [1.807, 2.05) is 32.0 Å². The predicted octanol–water partition coefficient (Wildman–Crippen LogP) is 4.78. The van der Waals surface area contributed by atoms with Crippen LogP contribution >= 0.6 is 11.8 Å². The molecule has 0 aliphatic heterocycles. The Morgan fingerprint density at radius 2 is 1.81 bits per heavy atom. The monoisotopic (exact) mass is 313 g/mol. The number of hydrogen-bond donors (Lipinski definition) is 1. The van der Waals surface area contributed by atoms with Gasteiger partial charge in [0.05, 0.1) is 0 Å². The maximum Gasteiger partial charge on any atom is 0.387 e. The van der Waals surface area contributed by atoms with Crippen LogP contribution in [0.4, 0.5) is 18.9 Å². The maximum atomic E-state index is 13.5. The van der Waals surface area contributed by atoms with Crippen molar-refractivity contribution < 1.29 is 17.9 Å². The standard InChI is InChI=1S/C15H14F3NOS/c1-8-3-4-13(9(2)5-8)21-14-7-12(20-15(17)18)10(16)6-11(14)19/h3-7,15H,19H2,1-2H3. The Balaban J connectivity index is 2.34. The molecule has 112 valence electrons. The first kappa shape index (κ1) is 15.6. The van der Waals surface area contributed by atoms with Gasteiger partial charge in [0.1, 0.15) is 0 Å². The largest absolute Gasteiger partial charge is 0.432 e. The number of hydrogen-bond acceptors (Lipinski definition) is 3. The molecule has 2 nitrogen and oxygen atoms in total. The van der Waals surface area contributed by atoms with E-state index < -0.39 is 18.2 Å². The van der Waals surface area contributed by atoms with Gasteiger partial charge in [-0.3, -0.25) is 0 Å². The lowest BCUT2D eigenvalue weighted by Gasteiger charge is -2.12. The molecule has 0 fully saturated rings. The molecule has 2 aromatic carbocycles. The fourth-order valence-electron chi connectivity index (χ4n) is 1.86. The Hall–Kier alpha value is -1.82. The molecule has 2 aromatic rings. The second-order valence-corrected chi connectivity index (χ2v) is 5.65. The number of alkyl halides is 2. The van der Waals surface area contributed by atoms with Crippen LogP contribution in [0.1, 0.15) is 11.1 Å². The Labute approximate surface area is 125 Å². The summed E-state index contributed by atoms with van der Waals surface area (Å²) in [6, 6.07) is 8.03. The Bertz CT molecular complexity index is 662. The minimum Gasteiger partial charge on any atom is -0.432 e. The lowest BCUT2D eigenvalue weighted by molar-refractivity contribution is -0.0523. The minimum absolute atomic E-state index is 0.180. The zero-order valence-electron chi connectivity index (χ0n) is 11.5. The summed E-state index contributed by atoms with van der Waals surface area (Å²) >= 11 is 1.28. The van der Waals surface area contributed by atoms with Gasteiger partial charge in [-0.05, 0) is 31.5 Å². The molecule has 0 atom stereocenters. The van der Waals surface area contributed by atoms with E-state index in [-0.39, 0.29) is 5.69 Å². The quantitative estimate of drug-likeness (QED) is 0.825. The number of aryl methyl sites for hydroxylation is 2. The normalized spacial score (nSPS) is 11.0. The van der Waals surface area contributed by atoms with Crippen LogP contribution in [0.15, 0.2) is 40.1 Å². The second-order valence-electron chi connectivity index (χ2n) is 4.57. The fraction of sp³-hybridized carbons (Fsp3) is 0.200. The average Bonchev–Trinajstić information content (AvgIpc) is 2.37. The fourth-order valence-corrected chi connectivity index (χ4v) is 2.79. The number of nitrogens with two attached hydrogens (primary N) is 1. The van der Waals surface area contributed by atoms with Crippen molar-refractivity contribution in [2.24, 2.45) is 0 Å². The van der Waals surface area contributed by atoms with E-state index in [0.717, 1.165) is 22.1 Å². The smallest absolute Gasteiger partial charge is 0.387 e. The third kappa shape index (κ3) is 3.85. The topological polar surface area (TPSA) is 35.2 Å². The van der Waals surface area contributed by atoms with Crippen molar-refractivity contribution in [1.82, 2.24) is 0 Å².